The van der Waals surface area contributed by atoms with Crippen LogP contribution in [0.1, 0.15) is 32.6 Å². The van der Waals surface area contributed by atoms with Gasteiger partial charge in [-0.25, -0.2) is 0 Å². The molecule has 0 aliphatic rings. The molecule has 0 amide bonds. The largest absolute Gasteiger partial charge is 0.0654 e. The minimum absolute atomic E-state index is 1.36. The van der Waals surface area contributed by atoms with Crippen molar-refractivity contribution in [2.24, 2.45) is 0 Å². The summed E-state index contributed by atoms with van der Waals surface area (Å²) in [6.45, 7) is 2.25. The SMILES string of the molecule is CCCCCC[PH3+]. The number of unbranched alkanes of at least 4 members (excludes halogenated alkanes) is 3. The van der Waals surface area contributed by atoms with E-state index in [2.05, 4.69) is 16.2 Å². The second-order valence-electron chi connectivity index (χ2n) is 1.91. The van der Waals surface area contributed by atoms with Crippen molar-refractivity contribution in [1.82, 2.24) is 0 Å². The highest BCUT2D eigenvalue weighted by atomic mass is 31.0. The lowest BCUT2D eigenvalue weighted by molar-refractivity contribution is 0.706. The molecule has 0 heterocycles. The summed E-state index contributed by atoms with van der Waals surface area (Å²) in [5, 5.41) is 0. The highest BCUT2D eigenvalue weighted by Gasteiger charge is 1.82. The zero-order valence-corrected chi connectivity index (χ0v) is 6.66. The number of hydrogen-bond donors (Lipinski definition) is 0. The summed E-state index contributed by atoms with van der Waals surface area (Å²) in [5.74, 6) is 0. The van der Waals surface area contributed by atoms with E-state index >= 15 is 0 Å². The fourth-order valence-electron chi connectivity index (χ4n) is 0.604. The normalized spacial score (nSPS) is 9.86. The second kappa shape index (κ2) is 6.43. The molecule has 7 heavy (non-hydrogen) atoms. The lowest BCUT2D eigenvalue weighted by Crippen LogP contribution is -1.73. The van der Waals surface area contributed by atoms with Crippen molar-refractivity contribution in [2.45, 2.75) is 32.6 Å². The minimum atomic E-state index is 1.36. The van der Waals surface area contributed by atoms with E-state index in [-0.39, 0.29) is 0 Å². The van der Waals surface area contributed by atoms with E-state index in [9.17, 15) is 0 Å². The van der Waals surface area contributed by atoms with Crippen LogP contribution in [0.15, 0.2) is 0 Å². The molecule has 0 radical (unpaired) electrons. The lowest BCUT2D eigenvalue weighted by atomic mass is 10.2. The van der Waals surface area contributed by atoms with Crippen molar-refractivity contribution in [3.8, 4) is 0 Å². The molecule has 0 saturated carbocycles. The summed E-state index contributed by atoms with van der Waals surface area (Å²) in [6.07, 6.45) is 7.06. The third kappa shape index (κ3) is 6.43. The maximum absolute atomic E-state index is 2.25. The smallest absolute Gasteiger partial charge is 0.0526 e. The molecule has 44 valence electrons. The first-order chi connectivity index (χ1) is 3.41. The van der Waals surface area contributed by atoms with Crippen molar-refractivity contribution >= 4 is 9.24 Å². The second-order valence-corrected chi connectivity index (χ2v) is 2.62. The molecule has 0 aliphatic carbocycles. The Morgan fingerprint density at radius 3 is 2.29 bits per heavy atom. The molecule has 0 aromatic heterocycles. The average Bonchev–Trinajstić information content (AvgIpc) is 1.69. The average molecular weight is 119 g/mol. The van der Waals surface area contributed by atoms with E-state index in [4.69, 9.17) is 0 Å². The fourth-order valence-corrected chi connectivity index (χ4v) is 0.957. The van der Waals surface area contributed by atoms with Gasteiger partial charge in [0.05, 0.1) is 6.16 Å². The molecule has 0 nitrogen and oxygen atoms in total. The van der Waals surface area contributed by atoms with Crippen molar-refractivity contribution < 1.29 is 0 Å². The van der Waals surface area contributed by atoms with E-state index in [1.807, 2.05) is 0 Å². The molecule has 0 N–H and O–H groups in total. The highest BCUT2D eigenvalue weighted by molar-refractivity contribution is 7.16. The van der Waals surface area contributed by atoms with Crippen molar-refractivity contribution in [1.29, 1.82) is 0 Å². The molecule has 0 fully saturated rings. The van der Waals surface area contributed by atoms with Crippen LogP contribution in [0.4, 0.5) is 0 Å². The summed E-state index contributed by atoms with van der Waals surface area (Å²) in [6, 6.07) is 0. The summed E-state index contributed by atoms with van der Waals surface area (Å²) >= 11 is 0. The van der Waals surface area contributed by atoms with Crippen LogP contribution >= 0.6 is 9.24 Å². The first kappa shape index (κ1) is 7.43. The number of rotatable bonds is 4. The molecular weight excluding hydrogens is 103 g/mol. The van der Waals surface area contributed by atoms with E-state index in [1.54, 1.807) is 0 Å². The van der Waals surface area contributed by atoms with E-state index in [0.717, 1.165) is 0 Å². The van der Waals surface area contributed by atoms with Gasteiger partial charge in [0, 0.05) is 0 Å². The van der Waals surface area contributed by atoms with Crippen molar-refractivity contribution in [3.63, 3.8) is 0 Å². The third-order valence-electron chi connectivity index (χ3n) is 1.10. The van der Waals surface area contributed by atoms with Crippen LogP contribution in [0.3, 0.4) is 0 Å². The molecule has 1 atom stereocenters. The predicted octanol–water partition coefficient (Wildman–Crippen LogP) is 2.17. The fraction of sp³-hybridized carbons (Fsp3) is 1.00. The van der Waals surface area contributed by atoms with Crippen LogP contribution in [0.2, 0.25) is 0 Å². The molecule has 0 aromatic rings. The quantitative estimate of drug-likeness (QED) is 0.393. The van der Waals surface area contributed by atoms with Crippen LogP contribution in [0.5, 0.6) is 0 Å². The standard InChI is InChI=1S/C6H15P/c1-2-3-4-5-6-7/h2-7H2,1H3/p+1. The van der Waals surface area contributed by atoms with Gasteiger partial charge < -0.3 is 0 Å². The van der Waals surface area contributed by atoms with Crippen molar-refractivity contribution in [2.75, 3.05) is 6.16 Å². The minimum Gasteiger partial charge on any atom is -0.0654 e. The van der Waals surface area contributed by atoms with E-state index in [1.165, 1.54) is 31.8 Å². The van der Waals surface area contributed by atoms with Gasteiger partial charge in [-0.05, 0) is 22.1 Å². The van der Waals surface area contributed by atoms with Gasteiger partial charge in [0.1, 0.15) is 0 Å². The Hall–Kier alpha value is 0.430. The molecule has 0 bridgehead atoms. The molecule has 0 aromatic carbocycles. The highest BCUT2D eigenvalue weighted by Crippen LogP contribution is 2.00. The molecule has 0 spiro atoms. The third-order valence-corrected chi connectivity index (χ3v) is 1.60. The van der Waals surface area contributed by atoms with Crippen LogP contribution in [-0.2, 0) is 0 Å². The summed E-state index contributed by atoms with van der Waals surface area (Å²) in [7, 11) is 2.08. The first-order valence-electron chi connectivity index (χ1n) is 3.21. The Bertz CT molecular complexity index is 23.4. The van der Waals surface area contributed by atoms with Gasteiger partial charge in [0.2, 0.25) is 0 Å². The molecule has 0 aliphatic heterocycles. The van der Waals surface area contributed by atoms with Gasteiger partial charge in [-0.15, -0.1) is 0 Å². The molecular formula is C6H16P+. The predicted molar refractivity (Wildman–Crippen MR) is 40.1 cm³/mol. The maximum atomic E-state index is 2.25. The summed E-state index contributed by atoms with van der Waals surface area (Å²) < 4.78 is 0. The van der Waals surface area contributed by atoms with Crippen molar-refractivity contribution in [3.05, 3.63) is 0 Å². The summed E-state index contributed by atoms with van der Waals surface area (Å²) in [5.41, 5.74) is 0. The van der Waals surface area contributed by atoms with E-state index < -0.39 is 0 Å². The van der Waals surface area contributed by atoms with Gasteiger partial charge in [-0.2, -0.15) is 0 Å². The zero-order chi connectivity index (χ0) is 5.54. The Kier molecular flexibility index (Phi) is 6.82. The van der Waals surface area contributed by atoms with Crippen LogP contribution in [-0.4, -0.2) is 6.16 Å². The Morgan fingerprint density at radius 1 is 1.14 bits per heavy atom. The van der Waals surface area contributed by atoms with Gasteiger partial charge in [-0.1, -0.05) is 19.8 Å². The van der Waals surface area contributed by atoms with E-state index in [0.29, 0.717) is 0 Å². The lowest BCUT2D eigenvalue weighted by Gasteiger charge is -1.88. The Labute approximate surface area is 48.9 Å². The molecule has 0 saturated heterocycles. The van der Waals surface area contributed by atoms with Gasteiger partial charge in [0.25, 0.3) is 0 Å². The molecule has 1 heteroatoms. The van der Waals surface area contributed by atoms with Crippen LogP contribution in [0, 0.1) is 0 Å². The van der Waals surface area contributed by atoms with Crippen LogP contribution in [0.25, 0.3) is 0 Å². The summed E-state index contributed by atoms with van der Waals surface area (Å²) in [4.78, 5) is 0. The van der Waals surface area contributed by atoms with Gasteiger partial charge in [-0.3, -0.25) is 0 Å². The topological polar surface area (TPSA) is 0 Å². The molecule has 0 rings (SSSR count). The van der Waals surface area contributed by atoms with Gasteiger partial charge in [0.15, 0.2) is 0 Å². The first-order valence-corrected chi connectivity index (χ1v) is 4.21. The van der Waals surface area contributed by atoms with Gasteiger partial charge >= 0.3 is 0 Å². The Morgan fingerprint density at radius 2 is 1.86 bits per heavy atom. The zero-order valence-electron chi connectivity index (χ0n) is 5.24. The molecule has 1 unspecified atom stereocenters. The van der Waals surface area contributed by atoms with Crippen LogP contribution < -0.4 is 0 Å². The number of hydrogen-bond acceptors (Lipinski definition) is 0. The monoisotopic (exact) mass is 119 g/mol. The Balaban J connectivity index is 2.45. The maximum Gasteiger partial charge on any atom is 0.0526 e.